The van der Waals surface area contributed by atoms with Crippen molar-refractivity contribution in [2.45, 2.75) is 52.1 Å². The number of hydrogen-bond donors (Lipinski definition) is 2. The molecule has 1 aromatic rings. The molecular weight excluding hydrogens is 282 g/mol. The third-order valence-corrected chi connectivity index (χ3v) is 3.45. The van der Waals surface area contributed by atoms with E-state index in [-0.39, 0.29) is 12.0 Å². The highest BCUT2D eigenvalue weighted by molar-refractivity contribution is 5.79. The summed E-state index contributed by atoms with van der Waals surface area (Å²) in [6.45, 7) is 9.25. The van der Waals surface area contributed by atoms with E-state index < -0.39 is 0 Å². The van der Waals surface area contributed by atoms with Gasteiger partial charge < -0.3 is 19.9 Å². The molecular formula is C15H27N5O2. The van der Waals surface area contributed by atoms with Crippen LogP contribution in [0.3, 0.4) is 0 Å². The van der Waals surface area contributed by atoms with Crippen LogP contribution in [0, 0.1) is 0 Å². The SMILES string of the molecule is CCNC(=NCC1CCCO1)NCCc1nc(C(C)C)no1. The molecule has 2 N–H and O–H groups in total. The van der Waals surface area contributed by atoms with Gasteiger partial charge >= 0.3 is 0 Å². The number of aromatic nitrogens is 2. The summed E-state index contributed by atoms with van der Waals surface area (Å²) in [5, 5.41) is 10.5. The third kappa shape index (κ3) is 5.29. The summed E-state index contributed by atoms with van der Waals surface area (Å²) in [7, 11) is 0. The monoisotopic (exact) mass is 309 g/mol. The lowest BCUT2D eigenvalue weighted by Gasteiger charge is -2.12. The average molecular weight is 309 g/mol. The van der Waals surface area contributed by atoms with E-state index in [1.54, 1.807) is 0 Å². The molecule has 1 fully saturated rings. The van der Waals surface area contributed by atoms with Gasteiger partial charge in [0, 0.05) is 32.0 Å². The fourth-order valence-corrected chi connectivity index (χ4v) is 2.22. The van der Waals surface area contributed by atoms with E-state index in [4.69, 9.17) is 9.26 Å². The molecule has 0 radical (unpaired) electrons. The van der Waals surface area contributed by atoms with Crippen molar-refractivity contribution in [3.05, 3.63) is 11.7 Å². The second-order valence-electron chi connectivity index (χ2n) is 5.73. The number of aliphatic imine (C=N–C) groups is 1. The van der Waals surface area contributed by atoms with Crippen LogP contribution in [0.2, 0.25) is 0 Å². The molecule has 1 aromatic heterocycles. The Bertz CT molecular complexity index is 466. The smallest absolute Gasteiger partial charge is 0.228 e. The summed E-state index contributed by atoms with van der Waals surface area (Å²) in [4.78, 5) is 8.93. The Kier molecular flexibility index (Phi) is 6.64. The molecule has 2 heterocycles. The summed E-state index contributed by atoms with van der Waals surface area (Å²) < 4.78 is 10.8. The first-order chi connectivity index (χ1) is 10.7. The highest BCUT2D eigenvalue weighted by atomic mass is 16.5. The lowest BCUT2D eigenvalue weighted by Crippen LogP contribution is -2.39. The molecule has 124 valence electrons. The van der Waals surface area contributed by atoms with E-state index >= 15 is 0 Å². The predicted octanol–water partition coefficient (Wildman–Crippen LogP) is 1.47. The highest BCUT2D eigenvalue weighted by Gasteiger charge is 2.15. The Balaban J connectivity index is 1.76. The molecule has 1 unspecified atom stereocenters. The van der Waals surface area contributed by atoms with Gasteiger partial charge in [-0.15, -0.1) is 0 Å². The average Bonchev–Trinajstić information content (AvgIpc) is 3.16. The van der Waals surface area contributed by atoms with Gasteiger partial charge in [-0.1, -0.05) is 19.0 Å². The van der Waals surface area contributed by atoms with Gasteiger partial charge in [0.25, 0.3) is 0 Å². The molecule has 7 heteroatoms. The minimum Gasteiger partial charge on any atom is -0.376 e. The maximum Gasteiger partial charge on any atom is 0.228 e. The molecule has 1 aliphatic heterocycles. The Hall–Kier alpha value is -1.63. The van der Waals surface area contributed by atoms with Crippen molar-refractivity contribution in [2.75, 3.05) is 26.2 Å². The Morgan fingerprint density at radius 3 is 2.91 bits per heavy atom. The molecule has 0 amide bonds. The van der Waals surface area contributed by atoms with Crippen molar-refractivity contribution in [3.63, 3.8) is 0 Å². The largest absolute Gasteiger partial charge is 0.376 e. The topological polar surface area (TPSA) is 84.6 Å². The van der Waals surface area contributed by atoms with E-state index in [1.807, 2.05) is 13.8 Å². The van der Waals surface area contributed by atoms with Gasteiger partial charge in [0.1, 0.15) is 0 Å². The summed E-state index contributed by atoms with van der Waals surface area (Å²) in [5.74, 6) is 2.51. The van der Waals surface area contributed by atoms with Crippen LogP contribution < -0.4 is 10.6 Å². The fourth-order valence-electron chi connectivity index (χ4n) is 2.22. The van der Waals surface area contributed by atoms with E-state index in [1.165, 1.54) is 0 Å². The van der Waals surface area contributed by atoms with E-state index in [0.717, 1.165) is 37.8 Å². The van der Waals surface area contributed by atoms with Crippen molar-refractivity contribution in [2.24, 2.45) is 4.99 Å². The molecule has 7 nitrogen and oxygen atoms in total. The van der Waals surface area contributed by atoms with Crippen LogP contribution in [0.1, 0.15) is 51.2 Å². The van der Waals surface area contributed by atoms with E-state index in [2.05, 4.69) is 32.7 Å². The quantitative estimate of drug-likeness (QED) is 0.586. The minimum atomic E-state index is 0.264. The number of rotatable bonds is 7. The van der Waals surface area contributed by atoms with Crippen LogP contribution in [-0.4, -0.2) is 48.4 Å². The lowest BCUT2D eigenvalue weighted by atomic mass is 10.2. The number of hydrogen-bond acceptors (Lipinski definition) is 5. The molecule has 0 bridgehead atoms. The van der Waals surface area contributed by atoms with Gasteiger partial charge in [-0.25, -0.2) is 0 Å². The first-order valence-corrected chi connectivity index (χ1v) is 8.15. The van der Waals surface area contributed by atoms with Crippen molar-refractivity contribution >= 4 is 5.96 Å². The molecule has 0 aliphatic carbocycles. The number of ether oxygens (including phenoxy) is 1. The Morgan fingerprint density at radius 2 is 2.27 bits per heavy atom. The zero-order valence-corrected chi connectivity index (χ0v) is 13.8. The van der Waals surface area contributed by atoms with Crippen LogP contribution >= 0.6 is 0 Å². The molecule has 22 heavy (non-hydrogen) atoms. The van der Waals surface area contributed by atoms with Crippen molar-refractivity contribution in [3.8, 4) is 0 Å². The molecule has 1 aliphatic rings. The first kappa shape index (κ1) is 16.7. The second-order valence-corrected chi connectivity index (χ2v) is 5.73. The van der Waals surface area contributed by atoms with E-state index in [9.17, 15) is 0 Å². The highest BCUT2D eigenvalue weighted by Crippen LogP contribution is 2.12. The maximum atomic E-state index is 5.58. The van der Waals surface area contributed by atoms with Gasteiger partial charge in [-0.3, -0.25) is 4.99 Å². The van der Waals surface area contributed by atoms with Gasteiger partial charge in [0.15, 0.2) is 11.8 Å². The summed E-state index contributed by atoms with van der Waals surface area (Å²) >= 11 is 0. The number of nitrogens with one attached hydrogen (secondary N) is 2. The fraction of sp³-hybridized carbons (Fsp3) is 0.800. The maximum absolute atomic E-state index is 5.58. The van der Waals surface area contributed by atoms with E-state index in [0.29, 0.717) is 25.4 Å². The van der Waals surface area contributed by atoms with Gasteiger partial charge in [-0.05, 0) is 19.8 Å². The van der Waals surface area contributed by atoms with Crippen LogP contribution in [0.15, 0.2) is 9.52 Å². The van der Waals surface area contributed by atoms with Crippen molar-refractivity contribution < 1.29 is 9.26 Å². The Morgan fingerprint density at radius 1 is 1.41 bits per heavy atom. The van der Waals surface area contributed by atoms with Crippen LogP contribution in [0.5, 0.6) is 0 Å². The second kappa shape index (κ2) is 8.73. The Labute approximate surface area is 131 Å². The standard InChI is InChI=1S/C15H27N5O2/c1-4-16-15(18-10-12-6-5-9-21-12)17-8-7-13-19-14(11(2)3)20-22-13/h11-12H,4-10H2,1-3H3,(H2,16,17,18). The van der Waals surface area contributed by atoms with Crippen molar-refractivity contribution in [1.82, 2.24) is 20.8 Å². The molecule has 1 saturated heterocycles. The van der Waals surface area contributed by atoms with Crippen molar-refractivity contribution in [1.29, 1.82) is 0 Å². The summed E-state index contributed by atoms with van der Waals surface area (Å²) in [6.07, 6.45) is 3.19. The first-order valence-electron chi connectivity index (χ1n) is 8.15. The number of guanidine groups is 1. The lowest BCUT2D eigenvalue weighted by molar-refractivity contribution is 0.117. The third-order valence-electron chi connectivity index (χ3n) is 3.45. The summed E-state index contributed by atoms with van der Waals surface area (Å²) in [5.41, 5.74) is 0. The van der Waals surface area contributed by atoms with Gasteiger partial charge in [0.2, 0.25) is 5.89 Å². The van der Waals surface area contributed by atoms with Gasteiger partial charge in [-0.2, -0.15) is 4.98 Å². The van der Waals surface area contributed by atoms with Gasteiger partial charge in [0.05, 0.1) is 12.6 Å². The van der Waals surface area contributed by atoms with Crippen LogP contribution in [-0.2, 0) is 11.2 Å². The number of nitrogens with zero attached hydrogens (tertiary/aromatic N) is 3. The van der Waals surface area contributed by atoms with Crippen LogP contribution in [0.4, 0.5) is 0 Å². The van der Waals surface area contributed by atoms with Crippen LogP contribution in [0.25, 0.3) is 0 Å². The molecule has 0 saturated carbocycles. The normalized spacial score (nSPS) is 18.9. The predicted molar refractivity (Wildman–Crippen MR) is 85.0 cm³/mol. The molecule has 2 rings (SSSR count). The minimum absolute atomic E-state index is 0.264. The zero-order valence-electron chi connectivity index (χ0n) is 13.8. The zero-order chi connectivity index (χ0) is 15.8. The summed E-state index contributed by atoms with van der Waals surface area (Å²) in [6, 6.07) is 0. The molecule has 1 atom stereocenters. The molecule has 0 spiro atoms. The molecule has 0 aromatic carbocycles.